The third-order valence-corrected chi connectivity index (χ3v) is 1.86. The summed E-state index contributed by atoms with van der Waals surface area (Å²) >= 11 is 0. The fraction of sp³-hybridized carbons (Fsp3) is 0.300. The molecule has 2 nitrogen and oxygen atoms in total. The molecule has 0 bridgehead atoms. The van der Waals surface area contributed by atoms with Crippen molar-refractivity contribution in [3.63, 3.8) is 0 Å². The molecule has 0 aliphatic carbocycles. The number of hydrogen-bond acceptors (Lipinski definition) is 1. The van der Waals surface area contributed by atoms with Crippen LogP contribution in [0, 0.1) is 12.7 Å². The zero-order valence-corrected chi connectivity index (χ0v) is 7.38. The van der Waals surface area contributed by atoms with E-state index in [-0.39, 0.29) is 12.2 Å². The number of hydrogen-bond donors (Lipinski definition) is 1. The van der Waals surface area contributed by atoms with Crippen LogP contribution in [0.2, 0.25) is 0 Å². The first-order chi connectivity index (χ1) is 6.09. The van der Waals surface area contributed by atoms with E-state index < -0.39 is 5.97 Å². The second-order valence-corrected chi connectivity index (χ2v) is 2.98. The number of aliphatic carboxylic acids is 1. The van der Waals surface area contributed by atoms with Crippen molar-refractivity contribution in [3.8, 4) is 0 Å². The fourth-order valence-corrected chi connectivity index (χ4v) is 1.04. The van der Waals surface area contributed by atoms with Crippen LogP contribution in [-0.2, 0) is 11.2 Å². The first kappa shape index (κ1) is 9.71. The second-order valence-electron chi connectivity index (χ2n) is 2.98. The van der Waals surface area contributed by atoms with Crippen molar-refractivity contribution in [2.24, 2.45) is 0 Å². The Bertz CT molecular complexity index is 321. The van der Waals surface area contributed by atoms with Gasteiger partial charge in [-0.2, -0.15) is 0 Å². The zero-order valence-electron chi connectivity index (χ0n) is 7.38. The molecule has 0 saturated heterocycles. The largest absolute Gasteiger partial charge is 0.481 e. The van der Waals surface area contributed by atoms with Crippen LogP contribution in [0.5, 0.6) is 0 Å². The van der Waals surface area contributed by atoms with Crippen LogP contribution in [0.1, 0.15) is 17.5 Å². The molecule has 0 unspecified atom stereocenters. The first-order valence-electron chi connectivity index (χ1n) is 4.06. The number of carboxylic acids is 1. The lowest BCUT2D eigenvalue weighted by Gasteiger charge is -2.00. The molecule has 0 amide bonds. The average Bonchev–Trinajstić information content (AvgIpc) is 2.07. The molecule has 0 aliphatic rings. The van der Waals surface area contributed by atoms with Gasteiger partial charge >= 0.3 is 5.97 Å². The number of benzene rings is 1. The molecule has 3 heteroatoms. The van der Waals surface area contributed by atoms with E-state index in [4.69, 9.17) is 5.11 Å². The lowest BCUT2D eigenvalue weighted by Crippen LogP contribution is -1.98. The van der Waals surface area contributed by atoms with Crippen molar-refractivity contribution in [2.75, 3.05) is 0 Å². The first-order valence-corrected chi connectivity index (χ1v) is 4.06. The highest BCUT2D eigenvalue weighted by Gasteiger charge is 2.01. The van der Waals surface area contributed by atoms with Crippen molar-refractivity contribution < 1.29 is 14.3 Å². The summed E-state index contributed by atoms with van der Waals surface area (Å²) in [5.74, 6) is -1.14. The maximum atomic E-state index is 13.0. The molecule has 0 aromatic heterocycles. The third-order valence-electron chi connectivity index (χ3n) is 1.86. The van der Waals surface area contributed by atoms with Gasteiger partial charge in [-0.25, -0.2) is 4.39 Å². The fourth-order valence-electron chi connectivity index (χ4n) is 1.04. The predicted molar refractivity (Wildman–Crippen MR) is 47.1 cm³/mol. The van der Waals surface area contributed by atoms with E-state index in [0.29, 0.717) is 12.0 Å². The Kier molecular flexibility index (Phi) is 3.01. The molecular weight excluding hydrogens is 171 g/mol. The molecular formula is C10H11FO2. The van der Waals surface area contributed by atoms with Crippen LogP contribution in [0.3, 0.4) is 0 Å². The van der Waals surface area contributed by atoms with Crippen LogP contribution in [0.4, 0.5) is 4.39 Å². The van der Waals surface area contributed by atoms with Gasteiger partial charge in [-0.05, 0) is 30.5 Å². The van der Waals surface area contributed by atoms with Gasteiger partial charge in [0, 0.05) is 6.42 Å². The predicted octanol–water partition coefficient (Wildman–Crippen LogP) is 2.15. The Morgan fingerprint density at radius 1 is 1.54 bits per heavy atom. The normalized spacial score (nSPS) is 10.0. The minimum absolute atomic E-state index is 0.0441. The minimum atomic E-state index is -0.860. The lowest BCUT2D eigenvalue weighted by molar-refractivity contribution is -0.136. The van der Waals surface area contributed by atoms with Gasteiger partial charge in [0.15, 0.2) is 0 Å². The van der Waals surface area contributed by atoms with E-state index in [1.165, 1.54) is 6.07 Å². The van der Waals surface area contributed by atoms with Crippen molar-refractivity contribution in [1.29, 1.82) is 0 Å². The summed E-state index contributed by atoms with van der Waals surface area (Å²) < 4.78 is 13.0. The molecule has 1 rings (SSSR count). The monoisotopic (exact) mass is 182 g/mol. The van der Waals surface area contributed by atoms with E-state index in [1.807, 2.05) is 0 Å². The maximum Gasteiger partial charge on any atom is 0.303 e. The van der Waals surface area contributed by atoms with Crippen LogP contribution in [0.25, 0.3) is 0 Å². The molecule has 0 spiro atoms. The summed E-state index contributed by atoms with van der Waals surface area (Å²) in [6.45, 7) is 1.68. The van der Waals surface area contributed by atoms with Crippen molar-refractivity contribution in [2.45, 2.75) is 19.8 Å². The zero-order chi connectivity index (χ0) is 9.84. The molecule has 0 aliphatic heterocycles. The van der Waals surface area contributed by atoms with Gasteiger partial charge in [-0.3, -0.25) is 4.79 Å². The molecule has 0 fully saturated rings. The van der Waals surface area contributed by atoms with Gasteiger partial charge < -0.3 is 5.11 Å². The van der Waals surface area contributed by atoms with Crippen molar-refractivity contribution >= 4 is 5.97 Å². The molecule has 1 aromatic rings. The highest BCUT2D eigenvalue weighted by Crippen LogP contribution is 2.10. The minimum Gasteiger partial charge on any atom is -0.481 e. The molecule has 70 valence electrons. The summed E-state index contributed by atoms with van der Waals surface area (Å²) in [6.07, 6.45) is 0.426. The molecule has 0 saturated carbocycles. The molecule has 0 atom stereocenters. The SMILES string of the molecule is Cc1ccc(CCC(=O)O)cc1F. The topological polar surface area (TPSA) is 37.3 Å². The Hall–Kier alpha value is -1.38. The van der Waals surface area contributed by atoms with Gasteiger partial charge in [-0.1, -0.05) is 12.1 Å². The van der Waals surface area contributed by atoms with E-state index in [1.54, 1.807) is 19.1 Å². The van der Waals surface area contributed by atoms with Crippen LogP contribution in [-0.4, -0.2) is 11.1 Å². The lowest BCUT2D eigenvalue weighted by atomic mass is 10.1. The highest BCUT2D eigenvalue weighted by molar-refractivity contribution is 5.67. The summed E-state index contributed by atoms with van der Waals surface area (Å²) in [6, 6.07) is 4.80. The summed E-state index contributed by atoms with van der Waals surface area (Å²) in [5.41, 5.74) is 1.31. The Labute approximate surface area is 76.0 Å². The van der Waals surface area contributed by atoms with E-state index in [0.717, 1.165) is 5.56 Å². The summed E-state index contributed by atoms with van der Waals surface area (Å²) in [7, 11) is 0. The molecule has 0 heterocycles. The Balaban J connectivity index is 2.68. The Morgan fingerprint density at radius 2 is 2.23 bits per heavy atom. The molecule has 0 radical (unpaired) electrons. The highest BCUT2D eigenvalue weighted by atomic mass is 19.1. The van der Waals surface area contributed by atoms with Crippen LogP contribution < -0.4 is 0 Å². The van der Waals surface area contributed by atoms with Gasteiger partial charge in [0.1, 0.15) is 5.82 Å². The molecule has 1 N–H and O–H groups in total. The van der Waals surface area contributed by atoms with Gasteiger partial charge in [-0.15, -0.1) is 0 Å². The van der Waals surface area contributed by atoms with Crippen LogP contribution >= 0.6 is 0 Å². The average molecular weight is 182 g/mol. The smallest absolute Gasteiger partial charge is 0.303 e. The number of halogens is 1. The van der Waals surface area contributed by atoms with Crippen molar-refractivity contribution in [1.82, 2.24) is 0 Å². The van der Waals surface area contributed by atoms with E-state index in [2.05, 4.69) is 0 Å². The van der Waals surface area contributed by atoms with Gasteiger partial charge in [0.05, 0.1) is 0 Å². The number of carboxylic acid groups (broad SMARTS) is 1. The van der Waals surface area contributed by atoms with E-state index >= 15 is 0 Å². The van der Waals surface area contributed by atoms with Gasteiger partial charge in [0.2, 0.25) is 0 Å². The number of rotatable bonds is 3. The number of aryl methyl sites for hydroxylation is 2. The van der Waals surface area contributed by atoms with Crippen molar-refractivity contribution in [3.05, 3.63) is 35.1 Å². The Morgan fingerprint density at radius 3 is 2.77 bits per heavy atom. The number of carbonyl (C=O) groups is 1. The van der Waals surface area contributed by atoms with E-state index in [9.17, 15) is 9.18 Å². The maximum absolute atomic E-state index is 13.0. The second kappa shape index (κ2) is 4.03. The molecule has 1 aromatic carbocycles. The summed E-state index contributed by atoms with van der Waals surface area (Å²) in [4.78, 5) is 10.2. The van der Waals surface area contributed by atoms with Gasteiger partial charge in [0.25, 0.3) is 0 Å². The standard InChI is InChI=1S/C10H11FO2/c1-7-2-3-8(6-9(7)11)4-5-10(12)13/h2-3,6H,4-5H2,1H3,(H,12,13). The molecule has 13 heavy (non-hydrogen) atoms. The third kappa shape index (κ3) is 2.86. The van der Waals surface area contributed by atoms with Crippen LogP contribution in [0.15, 0.2) is 18.2 Å². The quantitative estimate of drug-likeness (QED) is 0.777. The summed E-state index contributed by atoms with van der Waals surface area (Å²) in [5, 5.41) is 8.40.